The molecule has 0 radical (unpaired) electrons. The van der Waals surface area contributed by atoms with E-state index >= 15 is 0 Å². The van der Waals surface area contributed by atoms with Crippen LogP contribution < -0.4 is 4.74 Å². The van der Waals surface area contributed by atoms with Gasteiger partial charge in [-0.05, 0) is 23.8 Å². The molecule has 0 bridgehead atoms. The van der Waals surface area contributed by atoms with Crippen LogP contribution in [-0.2, 0) is 15.5 Å². The van der Waals surface area contributed by atoms with Crippen molar-refractivity contribution in [3.8, 4) is 5.75 Å². The number of ether oxygens (including phenoxy) is 1. The minimum absolute atomic E-state index is 0.313. The third kappa shape index (κ3) is 2.44. The van der Waals surface area contributed by atoms with Gasteiger partial charge < -0.3 is 4.74 Å². The van der Waals surface area contributed by atoms with Crippen molar-refractivity contribution in [1.82, 2.24) is 0 Å². The van der Waals surface area contributed by atoms with Gasteiger partial charge in [0.05, 0.1) is 6.61 Å². The Bertz CT molecular complexity index is 443. The second-order valence-corrected chi connectivity index (χ2v) is 4.09. The number of hydrogen-bond donors (Lipinski definition) is 1. The number of carbonyl (C=O) groups is 1. The van der Waals surface area contributed by atoms with Gasteiger partial charge in [-0.15, -0.1) is 9.42 Å². The molecule has 1 N–H and O–H groups in total. The van der Waals surface area contributed by atoms with Crippen molar-refractivity contribution in [2.75, 3.05) is 13.2 Å². The Labute approximate surface area is 92.9 Å². The van der Waals surface area contributed by atoms with Crippen LogP contribution in [0.15, 0.2) is 18.2 Å². The fourth-order valence-electron chi connectivity index (χ4n) is 1.56. The summed E-state index contributed by atoms with van der Waals surface area (Å²) in [6.07, 6.45) is 0.783. The quantitative estimate of drug-likeness (QED) is 0.638. The van der Waals surface area contributed by atoms with Crippen molar-refractivity contribution in [2.24, 2.45) is 0 Å². The summed E-state index contributed by atoms with van der Waals surface area (Å²) < 4.78 is 19.9. The maximum Gasteiger partial charge on any atom is 0.695 e. The zero-order valence-corrected chi connectivity index (χ0v) is 9.28. The molecule has 1 aromatic rings. The van der Waals surface area contributed by atoms with Crippen LogP contribution in [0.4, 0.5) is 0 Å². The molecule has 1 heterocycles. The van der Waals surface area contributed by atoms with Crippen molar-refractivity contribution in [2.45, 2.75) is 6.42 Å². The lowest BCUT2D eigenvalue weighted by atomic mass is 10.1. The number of carbonyl (C=O) groups excluding carboxylic acids is 1. The first-order chi connectivity index (χ1) is 7.66. The van der Waals surface area contributed by atoms with Crippen LogP contribution in [-0.4, -0.2) is 23.9 Å². The van der Waals surface area contributed by atoms with E-state index in [-0.39, 0.29) is 12.4 Å². The van der Waals surface area contributed by atoms with E-state index < -0.39 is 8.25 Å². The van der Waals surface area contributed by atoms with Crippen LogP contribution in [0.1, 0.15) is 15.9 Å². The second kappa shape index (κ2) is 4.70. The SMILES string of the molecule is O=C(CO[P+](=O)O)c1ccc2c(c1)CCO2. The molecule has 5 nitrogen and oxygen atoms in total. The molecular weight excluding hydrogens is 231 g/mol. The Balaban J connectivity index is 2.09. The Morgan fingerprint density at radius 3 is 3.12 bits per heavy atom. The summed E-state index contributed by atoms with van der Waals surface area (Å²) >= 11 is 0. The van der Waals surface area contributed by atoms with Crippen molar-refractivity contribution >= 4 is 14.0 Å². The van der Waals surface area contributed by atoms with Crippen molar-refractivity contribution < 1.29 is 23.5 Å². The van der Waals surface area contributed by atoms with E-state index in [0.29, 0.717) is 12.2 Å². The molecule has 1 aliphatic rings. The van der Waals surface area contributed by atoms with E-state index in [0.717, 1.165) is 17.7 Å². The van der Waals surface area contributed by atoms with Gasteiger partial charge in [0.15, 0.2) is 12.4 Å². The number of ketones is 1. The Morgan fingerprint density at radius 2 is 2.38 bits per heavy atom. The number of Topliss-reactive ketones (excluding diaryl/α,β-unsaturated/α-hetero) is 1. The highest BCUT2D eigenvalue weighted by Gasteiger charge is 2.19. The van der Waals surface area contributed by atoms with Gasteiger partial charge in [0.1, 0.15) is 5.75 Å². The summed E-state index contributed by atoms with van der Waals surface area (Å²) in [7, 11) is -2.72. The summed E-state index contributed by atoms with van der Waals surface area (Å²) in [5, 5.41) is 0. The molecule has 0 aromatic heterocycles. The highest BCUT2D eigenvalue weighted by molar-refractivity contribution is 7.32. The number of fused-ring (bicyclic) bond motifs is 1. The third-order valence-corrected chi connectivity index (χ3v) is 2.67. The average Bonchev–Trinajstić information content (AvgIpc) is 2.72. The van der Waals surface area contributed by atoms with Gasteiger partial charge in [-0.2, -0.15) is 0 Å². The zero-order valence-electron chi connectivity index (χ0n) is 8.38. The van der Waals surface area contributed by atoms with Crippen LogP contribution in [0.5, 0.6) is 5.75 Å². The van der Waals surface area contributed by atoms with Gasteiger partial charge in [0.2, 0.25) is 0 Å². The summed E-state index contributed by atoms with van der Waals surface area (Å²) in [4.78, 5) is 20.0. The summed E-state index contributed by atoms with van der Waals surface area (Å²) in [5.74, 6) is 0.484. The average molecular weight is 241 g/mol. The second-order valence-electron chi connectivity index (χ2n) is 3.36. The molecule has 1 aromatic carbocycles. The number of rotatable bonds is 4. The molecule has 84 valence electrons. The number of benzene rings is 1. The first-order valence-electron chi connectivity index (χ1n) is 4.75. The van der Waals surface area contributed by atoms with E-state index in [1.165, 1.54) is 0 Å². The monoisotopic (exact) mass is 241 g/mol. The molecule has 0 spiro atoms. The minimum atomic E-state index is -2.72. The maximum absolute atomic E-state index is 11.5. The molecule has 1 aliphatic heterocycles. The molecule has 6 heteroatoms. The van der Waals surface area contributed by atoms with Gasteiger partial charge in [-0.25, -0.2) is 0 Å². The normalized spacial score (nSPS) is 14.2. The molecule has 1 unspecified atom stereocenters. The van der Waals surface area contributed by atoms with Crippen molar-refractivity contribution in [1.29, 1.82) is 0 Å². The molecule has 0 saturated heterocycles. The van der Waals surface area contributed by atoms with Crippen LogP contribution in [0.2, 0.25) is 0 Å². The van der Waals surface area contributed by atoms with Gasteiger partial charge in [0.25, 0.3) is 0 Å². The van der Waals surface area contributed by atoms with Crippen molar-refractivity contribution in [3.63, 3.8) is 0 Å². The van der Waals surface area contributed by atoms with Gasteiger partial charge in [-0.1, -0.05) is 0 Å². The van der Waals surface area contributed by atoms with Crippen molar-refractivity contribution in [3.05, 3.63) is 29.3 Å². The first-order valence-corrected chi connectivity index (χ1v) is 5.88. The van der Waals surface area contributed by atoms with Crippen LogP contribution >= 0.6 is 8.25 Å². The first kappa shape index (κ1) is 11.2. The number of hydrogen-bond acceptors (Lipinski definition) is 4. The summed E-state index contributed by atoms with van der Waals surface area (Å²) in [5.41, 5.74) is 1.46. The summed E-state index contributed by atoms with van der Waals surface area (Å²) in [6.45, 7) is 0.247. The highest BCUT2D eigenvalue weighted by atomic mass is 31.1. The van der Waals surface area contributed by atoms with Gasteiger partial charge >= 0.3 is 8.25 Å². The fraction of sp³-hybridized carbons (Fsp3) is 0.300. The zero-order chi connectivity index (χ0) is 11.5. The topological polar surface area (TPSA) is 72.8 Å². The fourth-order valence-corrected chi connectivity index (χ4v) is 1.78. The largest absolute Gasteiger partial charge is 0.695 e. The van der Waals surface area contributed by atoms with Crippen LogP contribution in [0.25, 0.3) is 0 Å². The molecule has 0 fully saturated rings. The van der Waals surface area contributed by atoms with E-state index in [1.54, 1.807) is 18.2 Å². The van der Waals surface area contributed by atoms with Gasteiger partial charge in [-0.3, -0.25) is 4.79 Å². The summed E-state index contributed by atoms with van der Waals surface area (Å²) in [6, 6.07) is 5.09. The molecule has 16 heavy (non-hydrogen) atoms. The molecule has 2 rings (SSSR count). The van der Waals surface area contributed by atoms with E-state index in [1.807, 2.05) is 0 Å². The smallest absolute Gasteiger partial charge is 0.493 e. The highest BCUT2D eigenvalue weighted by Crippen LogP contribution is 2.26. The predicted molar refractivity (Wildman–Crippen MR) is 55.7 cm³/mol. The molecule has 0 aliphatic carbocycles. The lowest BCUT2D eigenvalue weighted by Gasteiger charge is -2.01. The lowest BCUT2D eigenvalue weighted by molar-refractivity contribution is 0.0917. The standard InChI is InChI=1S/C10H9O5P/c11-9(6-15-16(12)13)7-1-2-10-8(5-7)3-4-14-10/h1-2,5H,3-4,6H2/p+1. The van der Waals surface area contributed by atoms with Crippen LogP contribution in [0, 0.1) is 0 Å². The molecule has 0 saturated carbocycles. The molecule has 1 atom stereocenters. The van der Waals surface area contributed by atoms with E-state index in [9.17, 15) is 9.36 Å². The third-order valence-electron chi connectivity index (χ3n) is 2.32. The molecule has 0 amide bonds. The lowest BCUT2D eigenvalue weighted by Crippen LogP contribution is -2.06. The van der Waals surface area contributed by atoms with Gasteiger partial charge in [0, 0.05) is 16.5 Å². The maximum atomic E-state index is 11.5. The Hall–Kier alpha value is -1.29. The Morgan fingerprint density at radius 1 is 1.56 bits per heavy atom. The van der Waals surface area contributed by atoms with Crippen LogP contribution in [0.3, 0.4) is 0 Å². The predicted octanol–water partition coefficient (Wildman–Crippen LogP) is 1.47. The molecular formula is C10H10O5P+. The Kier molecular flexibility index (Phi) is 3.29. The van der Waals surface area contributed by atoms with E-state index in [4.69, 9.17) is 9.63 Å². The van der Waals surface area contributed by atoms with E-state index in [2.05, 4.69) is 4.52 Å². The minimum Gasteiger partial charge on any atom is -0.493 e.